The molecule has 102 valence electrons. The molecule has 2 aliphatic heterocycles. The number of carbonyl (C=O) groups excluding carboxylic acids is 1. The lowest BCUT2D eigenvalue weighted by atomic mass is 9.98. The van der Waals surface area contributed by atoms with E-state index in [2.05, 4.69) is 11.4 Å². The molecule has 1 amide bonds. The van der Waals surface area contributed by atoms with Gasteiger partial charge in [-0.05, 0) is 37.3 Å². The van der Waals surface area contributed by atoms with Crippen LogP contribution in [0.2, 0.25) is 0 Å². The second kappa shape index (κ2) is 5.64. The molecule has 1 aromatic carbocycles. The van der Waals surface area contributed by atoms with E-state index in [1.807, 2.05) is 17.0 Å². The number of likely N-dealkylation sites (tertiary alicyclic amines) is 1. The van der Waals surface area contributed by atoms with Gasteiger partial charge in [-0.15, -0.1) is 0 Å². The first-order valence-corrected chi connectivity index (χ1v) is 7.51. The predicted octanol–water partition coefficient (Wildman–Crippen LogP) is 3.06. The Balaban J connectivity index is 1.86. The van der Waals surface area contributed by atoms with E-state index in [0.717, 1.165) is 56.6 Å². The molecule has 1 N–H and O–H groups in total. The first kappa shape index (κ1) is 12.5. The Morgan fingerprint density at radius 3 is 2.63 bits per heavy atom. The fourth-order valence-electron chi connectivity index (χ4n) is 3.13. The summed E-state index contributed by atoms with van der Waals surface area (Å²) in [6.45, 7) is 2.82. The van der Waals surface area contributed by atoms with E-state index in [1.54, 1.807) is 0 Å². The van der Waals surface area contributed by atoms with E-state index in [9.17, 15) is 4.79 Å². The smallest absolute Gasteiger partial charge is 0.255 e. The monoisotopic (exact) mass is 258 g/mol. The van der Waals surface area contributed by atoms with Crippen LogP contribution in [0.4, 0.5) is 5.69 Å². The summed E-state index contributed by atoms with van der Waals surface area (Å²) in [5, 5.41) is 3.42. The van der Waals surface area contributed by atoms with Crippen molar-refractivity contribution in [2.24, 2.45) is 0 Å². The number of carbonyl (C=O) groups is 1. The van der Waals surface area contributed by atoms with E-state index in [-0.39, 0.29) is 5.91 Å². The molecule has 0 bridgehead atoms. The maximum atomic E-state index is 12.7. The van der Waals surface area contributed by atoms with Crippen molar-refractivity contribution in [3.05, 3.63) is 29.3 Å². The number of aryl methyl sites for hydroxylation is 1. The molecule has 0 unspecified atom stereocenters. The molecule has 0 radical (unpaired) electrons. The van der Waals surface area contributed by atoms with Crippen molar-refractivity contribution in [2.75, 3.05) is 25.0 Å². The SMILES string of the molecule is O=C(c1cccc2c1NCCC2)N1CCCCCC1. The van der Waals surface area contributed by atoms with Crippen molar-refractivity contribution < 1.29 is 4.79 Å². The normalized spacial score (nSPS) is 19.3. The molecule has 0 spiro atoms. The molecule has 1 aromatic rings. The minimum atomic E-state index is 0.216. The maximum Gasteiger partial charge on any atom is 0.255 e. The number of rotatable bonds is 1. The summed E-state index contributed by atoms with van der Waals surface area (Å²) in [5.74, 6) is 0.216. The molecular weight excluding hydrogens is 236 g/mol. The van der Waals surface area contributed by atoms with Crippen LogP contribution in [0.25, 0.3) is 0 Å². The largest absolute Gasteiger partial charge is 0.384 e. The second-order valence-electron chi connectivity index (χ2n) is 5.58. The molecule has 0 aliphatic carbocycles. The third-order valence-electron chi connectivity index (χ3n) is 4.20. The highest BCUT2D eigenvalue weighted by atomic mass is 16.2. The number of para-hydroxylation sites is 1. The minimum Gasteiger partial charge on any atom is -0.384 e. The number of nitrogens with one attached hydrogen (secondary N) is 1. The number of anilines is 1. The van der Waals surface area contributed by atoms with Gasteiger partial charge < -0.3 is 10.2 Å². The van der Waals surface area contributed by atoms with Gasteiger partial charge in [0.2, 0.25) is 0 Å². The number of benzene rings is 1. The van der Waals surface area contributed by atoms with Crippen molar-refractivity contribution in [1.29, 1.82) is 0 Å². The summed E-state index contributed by atoms with van der Waals surface area (Å²) in [6.07, 6.45) is 7.06. The quantitative estimate of drug-likeness (QED) is 0.839. The van der Waals surface area contributed by atoms with Crippen molar-refractivity contribution >= 4 is 11.6 Å². The lowest BCUT2D eigenvalue weighted by molar-refractivity contribution is 0.0762. The zero-order chi connectivity index (χ0) is 13.1. The van der Waals surface area contributed by atoms with Gasteiger partial charge in [0.15, 0.2) is 0 Å². The topological polar surface area (TPSA) is 32.3 Å². The molecule has 19 heavy (non-hydrogen) atoms. The Hall–Kier alpha value is -1.51. The van der Waals surface area contributed by atoms with Crippen LogP contribution in [-0.4, -0.2) is 30.4 Å². The van der Waals surface area contributed by atoms with Gasteiger partial charge in [0, 0.05) is 19.6 Å². The Labute approximate surface area is 115 Å². The Bertz CT molecular complexity index is 462. The summed E-state index contributed by atoms with van der Waals surface area (Å²) in [5.41, 5.74) is 3.26. The maximum absolute atomic E-state index is 12.7. The van der Waals surface area contributed by atoms with E-state index < -0.39 is 0 Å². The number of fused-ring (bicyclic) bond motifs is 1. The molecule has 0 saturated carbocycles. The lowest BCUT2D eigenvalue weighted by Gasteiger charge is -2.25. The predicted molar refractivity (Wildman–Crippen MR) is 77.6 cm³/mol. The molecule has 0 atom stereocenters. The van der Waals surface area contributed by atoms with Gasteiger partial charge in [-0.2, -0.15) is 0 Å². The molecule has 2 heterocycles. The number of hydrogen-bond acceptors (Lipinski definition) is 2. The highest BCUT2D eigenvalue weighted by Gasteiger charge is 2.22. The van der Waals surface area contributed by atoms with Gasteiger partial charge in [0.25, 0.3) is 5.91 Å². The molecule has 3 rings (SSSR count). The second-order valence-corrected chi connectivity index (χ2v) is 5.58. The van der Waals surface area contributed by atoms with Crippen molar-refractivity contribution in [3.8, 4) is 0 Å². The summed E-state index contributed by atoms with van der Waals surface area (Å²) >= 11 is 0. The van der Waals surface area contributed by atoms with Gasteiger partial charge in [-0.1, -0.05) is 25.0 Å². The molecule has 2 aliphatic rings. The van der Waals surface area contributed by atoms with E-state index in [1.165, 1.54) is 18.4 Å². The van der Waals surface area contributed by atoms with E-state index in [0.29, 0.717) is 0 Å². The first-order chi connectivity index (χ1) is 9.36. The molecule has 1 saturated heterocycles. The lowest BCUT2D eigenvalue weighted by Crippen LogP contribution is -2.33. The Morgan fingerprint density at radius 2 is 1.84 bits per heavy atom. The van der Waals surface area contributed by atoms with Crippen LogP contribution < -0.4 is 5.32 Å². The van der Waals surface area contributed by atoms with E-state index >= 15 is 0 Å². The van der Waals surface area contributed by atoms with Gasteiger partial charge in [0.05, 0.1) is 11.3 Å². The summed E-state index contributed by atoms with van der Waals surface area (Å²) in [7, 11) is 0. The summed E-state index contributed by atoms with van der Waals surface area (Å²) < 4.78 is 0. The fourth-order valence-corrected chi connectivity index (χ4v) is 3.13. The fraction of sp³-hybridized carbons (Fsp3) is 0.562. The van der Waals surface area contributed by atoms with Crippen LogP contribution in [0.3, 0.4) is 0 Å². The molecule has 0 aromatic heterocycles. The van der Waals surface area contributed by atoms with Gasteiger partial charge in [0.1, 0.15) is 0 Å². The molecule has 1 fully saturated rings. The average molecular weight is 258 g/mol. The summed E-state index contributed by atoms with van der Waals surface area (Å²) in [6, 6.07) is 6.14. The standard InChI is InChI=1S/C16H22N2O/c19-16(18-11-3-1-2-4-12-18)14-9-5-7-13-8-6-10-17-15(13)14/h5,7,9,17H,1-4,6,8,10-12H2. The van der Waals surface area contributed by atoms with Gasteiger partial charge in [-0.3, -0.25) is 4.79 Å². The zero-order valence-corrected chi connectivity index (χ0v) is 11.5. The van der Waals surface area contributed by atoms with Crippen LogP contribution in [-0.2, 0) is 6.42 Å². The Kier molecular flexibility index (Phi) is 3.72. The molecule has 3 nitrogen and oxygen atoms in total. The van der Waals surface area contributed by atoms with Gasteiger partial charge >= 0.3 is 0 Å². The van der Waals surface area contributed by atoms with Crippen LogP contribution in [0.15, 0.2) is 18.2 Å². The van der Waals surface area contributed by atoms with Crippen LogP contribution in [0.1, 0.15) is 48.0 Å². The zero-order valence-electron chi connectivity index (χ0n) is 11.5. The van der Waals surface area contributed by atoms with Crippen LogP contribution in [0, 0.1) is 0 Å². The third-order valence-corrected chi connectivity index (χ3v) is 4.20. The average Bonchev–Trinajstić information content (AvgIpc) is 2.75. The van der Waals surface area contributed by atoms with Crippen LogP contribution in [0.5, 0.6) is 0 Å². The van der Waals surface area contributed by atoms with Crippen molar-refractivity contribution in [1.82, 2.24) is 4.90 Å². The number of hydrogen-bond donors (Lipinski definition) is 1. The third kappa shape index (κ3) is 2.60. The van der Waals surface area contributed by atoms with Crippen LogP contribution >= 0.6 is 0 Å². The summed E-state index contributed by atoms with van der Waals surface area (Å²) in [4.78, 5) is 14.8. The van der Waals surface area contributed by atoms with Crippen molar-refractivity contribution in [3.63, 3.8) is 0 Å². The molecular formula is C16H22N2O. The number of amides is 1. The molecule has 3 heteroatoms. The van der Waals surface area contributed by atoms with E-state index in [4.69, 9.17) is 0 Å². The van der Waals surface area contributed by atoms with Gasteiger partial charge in [-0.25, -0.2) is 0 Å². The number of nitrogens with zero attached hydrogens (tertiary/aromatic N) is 1. The Morgan fingerprint density at radius 1 is 1.05 bits per heavy atom. The first-order valence-electron chi connectivity index (χ1n) is 7.51. The highest BCUT2D eigenvalue weighted by molar-refractivity contribution is 6.00. The van der Waals surface area contributed by atoms with Crippen molar-refractivity contribution in [2.45, 2.75) is 38.5 Å². The minimum absolute atomic E-state index is 0.216. The highest BCUT2D eigenvalue weighted by Crippen LogP contribution is 2.27.